The number of nitrogens with one attached hydrogen (secondary N) is 2. The van der Waals surface area contributed by atoms with E-state index in [0.717, 1.165) is 24.2 Å². The fourth-order valence-corrected chi connectivity index (χ4v) is 3.19. The molecular weight excluding hydrogens is 340 g/mol. The summed E-state index contributed by atoms with van der Waals surface area (Å²) in [6.45, 7) is 0.486. The van der Waals surface area contributed by atoms with Crippen molar-refractivity contribution in [2.45, 2.75) is 17.7 Å². The molecule has 2 aromatic carbocycles. The number of aryl methyl sites for hydroxylation is 1. The van der Waals surface area contributed by atoms with E-state index in [2.05, 4.69) is 10.0 Å². The number of carbonyl (C=O) groups is 1. The molecule has 0 bridgehead atoms. The van der Waals surface area contributed by atoms with Crippen LogP contribution in [0.2, 0.25) is 0 Å². The molecule has 0 spiro atoms. The molecule has 0 atom stereocenters. The van der Waals surface area contributed by atoms with Crippen LogP contribution in [0.5, 0.6) is 5.75 Å². The first kappa shape index (κ1) is 19.0. The highest BCUT2D eigenvalue weighted by Crippen LogP contribution is 2.18. The first-order valence-corrected chi connectivity index (χ1v) is 9.40. The molecular formula is C18H22N2O4S. The minimum Gasteiger partial charge on any atom is -0.496 e. The zero-order valence-electron chi connectivity index (χ0n) is 14.3. The number of rotatable bonds is 8. The van der Waals surface area contributed by atoms with Crippen molar-refractivity contribution >= 4 is 15.9 Å². The number of hydrogen-bond acceptors (Lipinski definition) is 4. The van der Waals surface area contributed by atoms with Gasteiger partial charge in [0, 0.05) is 12.1 Å². The Bertz CT molecular complexity index is 834. The Morgan fingerprint density at radius 3 is 2.60 bits per heavy atom. The predicted octanol–water partition coefficient (Wildman–Crippen LogP) is 1.97. The molecule has 0 heterocycles. The van der Waals surface area contributed by atoms with E-state index < -0.39 is 10.0 Å². The summed E-state index contributed by atoms with van der Waals surface area (Å²) >= 11 is 0. The second-order valence-electron chi connectivity index (χ2n) is 5.41. The third-order valence-electron chi connectivity index (χ3n) is 3.78. The monoisotopic (exact) mass is 362 g/mol. The maximum Gasteiger partial charge on any atom is 0.251 e. The van der Waals surface area contributed by atoms with Crippen LogP contribution in [0, 0.1) is 0 Å². The topological polar surface area (TPSA) is 84.5 Å². The van der Waals surface area contributed by atoms with Crippen LogP contribution in [0.4, 0.5) is 0 Å². The predicted molar refractivity (Wildman–Crippen MR) is 96.3 cm³/mol. The number of methoxy groups -OCH3 is 1. The SMILES string of the molecule is CNS(=O)(=O)c1cccc(C(=O)NCCCc2ccccc2OC)c1. The van der Waals surface area contributed by atoms with E-state index in [4.69, 9.17) is 4.74 Å². The first-order chi connectivity index (χ1) is 12.0. The van der Waals surface area contributed by atoms with Gasteiger partial charge in [0.2, 0.25) is 10.0 Å². The Kier molecular flexibility index (Phi) is 6.55. The summed E-state index contributed by atoms with van der Waals surface area (Å²) in [5, 5.41) is 2.81. The Balaban J connectivity index is 1.92. The molecule has 2 rings (SSSR count). The van der Waals surface area contributed by atoms with Crippen LogP contribution >= 0.6 is 0 Å². The second-order valence-corrected chi connectivity index (χ2v) is 7.29. The highest BCUT2D eigenvalue weighted by molar-refractivity contribution is 7.89. The number of para-hydroxylation sites is 1. The molecule has 0 radical (unpaired) electrons. The van der Waals surface area contributed by atoms with E-state index in [-0.39, 0.29) is 10.8 Å². The van der Waals surface area contributed by atoms with E-state index in [1.807, 2.05) is 24.3 Å². The molecule has 0 saturated carbocycles. The van der Waals surface area contributed by atoms with E-state index in [0.29, 0.717) is 12.1 Å². The standard InChI is InChI=1S/C18H22N2O4S/c1-19-25(22,23)16-10-5-8-15(13-16)18(21)20-12-6-9-14-7-3-4-11-17(14)24-2/h3-5,7-8,10-11,13,19H,6,9,12H2,1-2H3,(H,20,21). The smallest absolute Gasteiger partial charge is 0.251 e. The van der Waals surface area contributed by atoms with Crippen LogP contribution in [0.1, 0.15) is 22.3 Å². The zero-order valence-corrected chi connectivity index (χ0v) is 15.1. The van der Waals surface area contributed by atoms with Gasteiger partial charge in [0.25, 0.3) is 5.91 Å². The van der Waals surface area contributed by atoms with Crippen molar-refractivity contribution in [2.24, 2.45) is 0 Å². The Morgan fingerprint density at radius 2 is 1.88 bits per heavy atom. The van der Waals surface area contributed by atoms with Crippen molar-refractivity contribution in [1.82, 2.24) is 10.0 Å². The van der Waals surface area contributed by atoms with E-state index >= 15 is 0 Å². The fraction of sp³-hybridized carbons (Fsp3) is 0.278. The zero-order chi connectivity index (χ0) is 18.3. The molecule has 0 aromatic heterocycles. The number of ether oxygens (including phenoxy) is 1. The van der Waals surface area contributed by atoms with Gasteiger partial charge in [0.1, 0.15) is 5.75 Å². The van der Waals surface area contributed by atoms with Crippen molar-refractivity contribution in [1.29, 1.82) is 0 Å². The van der Waals surface area contributed by atoms with Crippen molar-refractivity contribution in [3.05, 3.63) is 59.7 Å². The lowest BCUT2D eigenvalue weighted by Gasteiger charge is -2.09. The lowest BCUT2D eigenvalue weighted by molar-refractivity contribution is 0.0953. The lowest BCUT2D eigenvalue weighted by Crippen LogP contribution is -2.25. The summed E-state index contributed by atoms with van der Waals surface area (Å²) in [6.07, 6.45) is 1.53. The maximum absolute atomic E-state index is 12.2. The quantitative estimate of drug-likeness (QED) is 0.703. The van der Waals surface area contributed by atoms with Crippen molar-refractivity contribution < 1.29 is 17.9 Å². The van der Waals surface area contributed by atoms with Gasteiger partial charge in [-0.05, 0) is 49.7 Å². The molecule has 2 N–H and O–H groups in total. The first-order valence-electron chi connectivity index (χ1n) is 7.91. The highest BCUT2D eigenvalue weighted by atomic mass is 32.2. The van der Waals surface area contributed by atoms with Crippen LogP contribution < -0.4 is 14.8 Å². The molecule has 6 nitrogen and oxygen atoms in total. The normalized spacial score (nSPS) is 11.1. The maximum atomic E-state index is 12.2. The molecule has 2 aromatic rings. The Labute approximate surface area is 148 Å². The van der Waals surface area contributed by atoms with Gasteiger partial charge < -0.3 is 10.1 Å². The van der Waals surface area contributed by atoms with Crippen molar-refractivity contribution in [3.8, 4) is 5.75 Å². The van der Waals surface area contributed by atoms with Gasteiger partial charge in [-0.1, -0.05) is 24.3 Å². The largest absolute Gasteiger partial charge is 0.496 e. The summed E-state index contributed by atoms with van der Waals surface area (Å²) < 4.78 is 31.1. The van der Waals surface area contributed by atoms with Crippen LogP contribution in [0.25, 0.3) is 0 Å². The van der Waals surface area contributed by atoms with Gasteiger partial charge in [0.05, 0.1) is 12.0 Å². The Hall–Kier alpha value is -2.38. The molecule has 7 heteroatoms. The third kappa shape index (κ3) is 5.04. The molecule has 0 aliphatic rings. The minimum atomic E-state index is -3.57. The van der Waals surface area contributed by atoms with Crippen molar-refractivity contribution in [3.63, 3.8) is 0 Å². The molecule has 0 unspecified atom stereocenters. The summed E-state index contributed by atoms with van der Waals surface area (Å²) in [6, 6.07) is 13.7. The average molecular weight is 362 g/mol. The molecule has 0 aliphatic heterocycles. The molecule has 0 saturated heterocycles. The Morgan fingerprint density at radius 1 is 1.12 bits per heavy atom. The molecule has 134 valence electrons. The third-order valence-corrected chi connectivity index (χ3v) is 5.19. The summed E-state index contributed by atoms with van der Waals surface area (Å²) in [7, 11) is -0.602. The van der Waals surface area contributed by atoms with Crippen LogP contribution in [0.3, 0.4) is 0 Å². The number of amides is 1. The molecule has 0 fully saturated rings. The average Bonchev–Trinajstić information content (AvgIpc) is 2.65. The van der Waals surface area contributed by atoms with Crippen LogP contribution in [-0.4, -0.2) is 35.0 Å². The van der Waals surface area contributed by atoms with E-state index in [1.165, 1.54) is 19.2 Å². The summed E-state index contributed by atoms with van der Waals surface area (Å²) in [5.74, 6) is 0.534. The van der Waals surface area contributed by atoms with Gasteiger partial charge in [-0.25, -0.2) is 13.1 Å². The number of benzene rings is 2. The van der Waals surface area contributed by atoms with Gasteiger partial charge in [0.15, 0.2) is 0 Å². The minimum absolute atomic E-state index is 0.0664. The number of carbonyl (C=O) groups excluding carboxylic acids is 1. The highest BCUT2D eigenvalue weighted by Gasteiger charge is 2.14. The van der Waals surface area contributed by atoms with E-state index in [1.54, 1.807) is 19.2 Å². The van der Waals surface area contributed by atoms with Gasteiger partial charge >= 0.3 is 0 Å². The van der Waals surface area contributed by atoms with Gasteiger partial charge in [-0.2, -0.15) is 0 Å². The second kappa shape index (κ2) is 8.64. The van der Waals surface area contributed by atoms with Crippen LogP contribution in [0.15, 0.2) is 53.4 Å². The fourth-order valence-electron chi connectivity index (χ4n) is 2.41. The molecule has 25 heavy (non-hydrogen) atoms. The van der Waals surface area contributed by atoms with Gasteiger partial charge in [-0.15, -0.1) is 0 Å². The molecule has 0 aliphatic carbocycles. The summed E-state index contributed by atoms with van der Waals surface area (Å²) in [4.78, 5) is 12.3. The van der Waals surface area contributed by atoms with Gasteiger partial charge in [-0.3, -0.25) is 4.79 Å². The molecule has 1 amide bonds. The number of hydrogen-bond donors (Lipinski definition) is 2. The van der Waals surface area contributed by atoms with Crippen molar-refractivity contribution in [2.75, 3.05) is 20.7 Å². The van der Waals surface area contributed by atoms with E-state index in [9.17, 15) is 13.2 Å². The van der Waals surface area contributed by atoms with Crippen LogP contribution in [-0.2, 0) is 16.4 Å². The number of sulfonamides is 1. The summed E-state index contributed by atoms with van der Waals surface area (Å²) in [5.41, 5.74) is 1.40. The lowest BCUT2D eigenvalue weighted by atomic mass is 10.1.